The van der Waals surface area contributed by atoms with Crippen LogP contribution >= 0.6 is 0 Å². The van der Waals surface area contributed by atoms with Gasteiger partial charge in [0.05, 0.1) is 21.6 Å². The van der Waals surface area contributed by atoms with Crippen LogP contribution in [0.3, 0.4) is 0 Å². The van der Waals surface area contributed by atoms with Gasteiger partial charge in [-0.15, -0.1) is 0 Å². The second kappa shape index (κ2) is 22.6. The van der Waals surface area contributed by atoms with Crippen molar-refractivity contribution >= 4 is 20.1 Å². The predicted molar refractivity (Wildman–Crippen MR) is 125 cm³/mol. The maximum Gasteiger partial charge on any atom is 1.00 e. The van der Waals surface area contributed by atoms with Crippen molar-refractivity contribution in [3.05, 3.63) is 0 Å². The molecule has 0 aromatic carbocycles. The van der Waals surface area contributed by atoms with Crippen LogP contribution in [-0.2, 0) is 20.1 Å². The van der Waals surface area contributed by atoms with Crippen molar-refractivity contribution in [3.63, 3.8) is 0 Å². The van der Waals surface area contributed by atoms with Gasteiger partial charge in [-0.1, -0.05) is 116 Å². The Kier molecular flexibility index (Phi) is 24.8. The topological polar surface area (TPSA) is 103 Å². The summed E-state index contributed by atoms with van der Waals surface area (Å²) in [6.45, 7) is 2.57. The second-order valence-corrected chi connectivity index (χ2v) is 11.9. The van der Waals surface area contributed by atoms with E-state index in [0.29, 0.717) is 6.54 Å². The molecule has 0 rings (SSSR count). The monoisotopic (exact) mass is 491 g/mol. The van der Waals surface area contributed by atoms with E-state index >= 15 is 0 Å². The molecule has 0 saturated carbocycles. The minimum Gasteiger partial charge on any atom is -0.748 e. The van der Waals surface area contributed by atoms with Crippen molar-refractivity contribution < 1.29 is 50.9 Å². The van der Waals surface area contributed by atoms with Gasteiger partial charge in [-0.2, -0.15) is 0 Å². The molecule has 9 heteroatoms. The Labute approximate surface area is 215 Å². The molecular weight excluding hydrogens is 445 g/mol. The number of rotatable bonds is 23. The van der Waals surface area contributed by atoms with Crippen LogP contribution in [0.15, 0.2) is 0 Å². The number of hydrogen-bond acceptors (Lipinski definition) is 5. The molecule has 0 aliphatic carbocycles. The van der Waals surface area contributed by atoms with Crippen LogP contribution in [0.2, 0.25) is 0 Å². The van der Waals surface area contributed by atoms with E-state index in [2.05, 4.69) is 11.6 Å². The van der Waals surface area contributed by atoms with Crippen molar-refractivity contribution in [1.82, 2.24) is 4.72 Å². The minimum atomic E-state index is -4.49. The van der Waals surface area contributed by atoms with Gasteiger partial charge in [-0.3, -0.25) is 0 Å². The molecule has 182 valence electrons. The molecule has 0 saturated heterocycles. The zero-order valence-corrected chi connectivity index (χ0v) is 23.8. The summed E-state index contributed by atoms with van der Waals surface area (Å²) in [6, 6.07) is 0. The van der Waals surface area contributed by atoms with Crippen molar-refractivity contribution in [2.75, 3.05) is 18.1 Å². The third-order valence-corrected chi connectivity index (χ3v) is 7.80. The van der Waals surface area contributed by atoms with Crippen molar-refractivity contribution in [3.8, 4) is 0 Å². The van der Waals surface area contributed by atoms with Crippen LogP contribution in [0.1, 0.15) is 122 Å². The molecule has 0 spiro atoms. The van der Waals surface area contributed by atoms with Crippen LogP contribution in [-0.4, -0.2) is 39.4 Å². The van der Waals surface area contributed by atoms with Gasteiger partial charge in [0.2, 0.25) is 10.0 Å². The molecule has 0 bridgehead atoms. The summed E-state index contributed by atoms with van der Waals surface area (Å²) in [6.07, 6.45) is 23.1. The maximum atomic E-state index is 11.5. The standard InChI is InChI=1S/C22H47NO5S2.Na/c1-2-3-4-5-6-7-8-9-10-11-12-13-14-15-16-17-18-19-20-23-29(24,25)21-22-30(26,27)28;/h23H,2-22H2,1H3,(H,26,27,28);/q;+1/p-1. The molecule has 0 unspecified atom stereocenters. The van der Waals surface area contributed by atoms with Crippen LogP contribution < -0.4 is 34.3 Å². The summed E-state index contributed by atoms with van der Waals surface area (Å²) in [5, 5.41) is 0. The van der Waals surface area contributed by atoms with E-state index in [0.717, 1.165) is 19.3 Å². The molecule has 0 fully saturated rings. The predicted octanol–water partition coefficient (Wildman–Crippen LogP) is 2.50. The Morgan fingerprint density at radius 3 is 1.19 bits per heavy atom. The van der Waals surface area contributed by atoms with Crippen molar-refractivity contribution in [1.29, 1.82) is 0 Å². The van der Waals surface area contributed by atoms with E-state index in [-0.39, 0.29) is 29.6 Å². The minimum absolute atomic E-state index is 0. The Bertz CT molecular complexity index is 583. The van der Waals surface area contributed by atoms with Crippen LogP contribution in [0.25, 0.3) is 0 Å². The SMILES string of the molecule is CCCCCCCCCCCCCCCCCCCCNS(=O)(=O)CCS(=O)(=O)[O-].[Na+]. The van der Waals surface area contributed by atoms with Crippen LogP contribution in [0.5, 0.6) is 0 Å². The molecule has 0 atom stereocenters. The van der Waals surface area contributed by atoms with E-state index in [9.17, 15) is 21.4 Å². The van der Waals surface area contributed by atoms with Gasteiger partial charge in [-0.25, -0.2) is 21.6 Å². The average molecular weight is 492 g/mol. The molecule has 0 aliphatic heterocycles. The molecule has 0 aromatic rings. The average Bonchev–Trinajstić information content (AvgIpc) is 2.68. The third-order valence-electron chi connectivity index (χ3n) is 5.45. The summed E-state index contributed by atoms with van der Waals surface area (Å²) in [5.41, 5.74) is 0. The first-order valence-corrected chi connectivity index (χ1v) is 15.4. The number of hydrogen-bond donors (Lipinski definition) is 1. The molecule has 0 radical (unpaired) electrons. The van der Waals surface area contributed by atoms with Crippen molar-refractivity contribution in [2.24, 2.45) is 0 Å². The van der Waals surface area contributed by atoms with Gasteiger partial charge < -0.3 is 4.55 Å². The van der Waals surface area contributed by atoms with E-state index in [1.165, 1.54) is 96.3 Å². The fourth-order valence-corrected chi connectivity index (χ4v) is 5.83. The fraction of sp³-hybridized carbons (Fsp3) is 1.00. The summed E-state index contributed by atoms with van der Waals surface area (Å²) < 4.78 is 56.9. The van der Waals surface area contributed by atoms with E-state index < -0.39 is 31.6 Å². The first kappa shape index (κ1) is 34.0. The first-order chi connectivity index (χ1) is 14.3. The molecule has 31 heavy (non-hydrogen) atoms. The zero-order chi connectivity index (χ0) is 22.6. The van der Waals surface area contributed by atoms with E-state index in [1.807, 2.05) is 0 Å². The van der Waals surface area contributed by atoms with E-state index in [1.54, 1.807) is 0 Å². The van der Waals surface area contributed by atoms with Gasteiger partial charge in [0.1, 0.15) is 0 Å². The Morgan fingerprint density at radius 1 is 0.548 bits per heavy atom. The normalized spacial score (nSPS) is 12.1. The Hall–Kier alpha value is 0.820. The van der Waals surface area contributed by atoms with Gasteiger partial charge in [0.15, 0.2) is 0 Å². The number of unbranched alkanes of at least 4 members (excludes halogenated alkanes) is 17. The largest absolute Gasteiger partial charge is 1.00 e. The van der Waals surface area contributed by atoms with Gasteiger partial charge in [0.25, 0.3) is 0 Å². The van der Waals surface area contributed by atoms with Crippen LogP contribution in [0, 0.1) is 0 Å². The van der Waals surface area contributed by atoms with Crippen LogP contribution in [0.4, 0.5) is 0 Å². The molecular formula is C22H46NNaO5S2. The smallest absolute Gasteiger partial charge is 0.748 e. The molecule has 0 heterocycles. The number of nitrogens with one attached hydrogen (secondary N) is 1. The molecule has 6 nitrogen and oxygen atoms in total. The molecule has 0 aromatic heterocycles. The fourth-order valence-electron chi connectivity index (χ4n) is 3.54. The molecule has 0 amide bonds. The van der Waals surface area contributed by atoms with Gasteiger partial charge >= 0.3 is 29.6 Å². The Balaban J connectivity index is 0. The van der Waals surface area contributed by atoms with Gasteiger partial charge in [0, 0.05) is 6.54 Å². The second-order valence-electron chi connectivity index (χ2n) is 8.49. The van der Waals surface area contributed by atoms with Gasteiger partial charge in [-0.05, 0) is 6.42 Å². The maximum absolute atomic E-state index is 11.5. The zero-order valence-electron chi connectivity index (χ0n) is 20.2. The molecule has 1 N–H and O–H groups in total. The summed E-state index contributed by atoms with van der Waals surface area (Å²) in [4.78, 5) is 0. The summed E-state index contributed by atoms with van der Waals surface area (Å²) in [7, 11) is -8.16. The summed E-state index contributed by atoms with van der Waals surface area (Å²) >= 11 is 0. The molecule has 0 aliphatic rings. The van der Waals surface area contributed by atoms with Crippen molar-refractivity contribution in [2.45, 2.75) is 122 Å². The summed E-state index contributed by atoms with van der Waals surface area (Å²) in [5.74, 6) is -1.53. The number of sulfonamides is 1. The van der Waals surface area contributed by atoms with E-state index in [4.69, 9.17) is 0 Å². The quantitative estimate of drug-likeness (QED) is 0.134. The third kappa shape index (κ3) is 28.8. The first-order valence-electron chi connectivity index (χ1n) is 12.2. The Morgan fingerprint density at radius 2 is 0.871 bits per heavy atom.